The normalized spacial score (nSPS) is 22.4. The summed E-state index contributed by atoms with van der Waals surface area (Å²) >= 11 is 0. The van der Waals surface area contributed by atoms with Crippen LogP contribution >= 0.6 is 0 Å². The van der Waals surface area contributed by atoms with Crippen LogP contribution in [-0.2, 0) is 9.53 Å². The van der Waals surface area contributed by atoms with Crippen molar-refractivity contribution in [3.63, 3.8) is 0 Å². The average Bonchev–Trinajstić information content (AvgIpc) is 2.64. The minimum absolute atomic E-state index is 0.0237. The molecule has 2 rings (SSSR count). The monoisotopic (exact) mass is 152 g/mol. The molecular weight excluding hydrogens is 140 g/mol. The van der Waals surface area contributed by atoms with E-state index in [-0.39, 0.29) is 11.9 Å². The van der Waals surface area contributed by atoms with E-state index in [1.807, 2.05) is 0 Å². The molecule has 0 aromatic rings. The fourth-order valence-corrected chi connectivity index (χ4v) is 1.06. The second-order valence-corrected chi connectivity index (χ2v) is 3.34. The minimum Gasteiger partial charge on any atom is -0.434 e. The molecule has 0 amide bonds. The van der Waals surface area contributed by atoms with E-state index in [1.165, 1.54) is 12.0 Å². The van der Waals surface area contributed by atoms with E-state index >= 15 is 0 Å². The Labute approximate surface area is 66.2 Å². The highest BCUT2D eigenvalue weighted by atomic mass is 16.5. The molecule has 0 unspecified atom stereocenters. The Bertz CT molecular complexity index is 196. The van der Waals surface area contributed by atoms with E-state index < -0.39 is 0 Å². The van der Waals surface area contributed by atoms with Gasteiger partial charge in [-0.25, -0.2) is 0 Å². The highest BCUT2D eigenvalue weighted by Gasteiger charge is 2.31. The van der Waals surface area contributed by atoms with Crippen molar-refractivity contribution in [2.24, 2.45) is 5.92 Å². The number of hydrogen-bond acceptors (Lipinski definition) is 2. The second-order valence-electron chi connectivity index (χ2n) is 3.34. The molecule has 11 heavy (non-hydrogen) atoms. The van der Waals surface area contributed by atoms with Gasteiger partial charge in [0, 0.05) is 0 Å². The van der Waals surface area contributed by atoms with Gasteiger partial charge in [-0.1, -0.05) is 0 Å². The van der Waals surface area contributed by atoms with Crippen molar-refractivity contribution >= 4 is 5.97 Å². The summed E-state index contributed by atoms with van der Waals surface area (Å²) in [5.41, 5.74) is 1.29. The second kappa shape index (κ2) is 2.68. The third-order valence-electron chi connectivity index (χ3n) is 2.25. The summed E-state index contributed by atoms with van der Waals surface area (Å²) in [6, 6.07) is 0. The molecular formula is C9H12O2. The van der Waals surface area contributed by atoms with Gasteiger partial charge in [0.05, 0.1) is 12.2 Å². The summed E-state index contributed by atoms with van der Waals surface area (Å²) < 4.78 is 4.97. The van der Waals surface area contributed by atoms with Gasteiger partial charge in [0.2, 0.25) is 0 Å². The smallest absolute Gasteiger partial charge is 0.313 e. The molecule has 60 valence electrons. The molecule has 0 radical (unpaired) electrons. The fourth-order valence-electron chi connectivity index (χ4n) is 1.06. The number of hydrogen-bond donors (Lipinski definition) is 0. The lowest BCUT2D eigenvalue weighted by atomic mass is 9.94. The third kappa shape index (κ3) is 1.62. The van der Waals surface area contributed by atoms with Gasteiger partial charge < -0.3 is 4.74 Å². The van der Waals surface area contributed by atoms with Crippen LogP contribution in [0.4, 0.5) is 0 Å². The highest BCUT2D eigenvalue weighted by Crippen LogP contribution is 2.31. The van der Waals surface area contributed by atoms with Crippen LogP contribution in [0.5, 0.6) is 0 Å². The number of ether oxygens (including phenoxy) is 1. The Morgan fingerprint density at radius 3 is 2.64 bits per heavy atom. The van der Waals surface area contributed by atoms with Crippen molar-refractivity contribution in [3.05, 3.63) is 11.8 Å². The number of esters is 1. The predicted octanol–water partition coefficient (Wildman–Crippen LogP) is 2.01. The number of carbonyl (C=O) groups excluding carboxylic acids is 1. The zero-order valence-electron chi connectivity index (χ0n) is 6.51. The van der Waals surface area contributed by atoms with Gasteiger partial charge in [0.25, 0.3) is 0 Å². The van der Waals surface area contributed by atoms with E-state index in [2.05, 4.69) is 0 Å². The van der Waals surface area contributed by atoms with Gasteiger partial charge in [-0.3, -0.25) is 4.79 Å². The van der Waals surface area contributed by atoms with Crippen LogP contribution < -0.4 is 0 Å². The van der Waals surface area contributed by atoms with E-state index in [0.717, 1.165) is 25.7 Å². The molecule has 0 aliphatic heterocycles. The van der Waals surface area contributed by atoms with Crippen LogP contribution in [0.2, 0.25) is 0 Å². The topological polar surface area (TPSA) is 26.3 Å². The Hall–Kier alpha value is -0.790. The van der Waals surface area contributed by atoms with Crippen molar-refractivity contribution in [1.29, 1.82) is 0 Å². The fraction of sp³-hybridized carbons (Fsp3) is 0.667. The summed E-state index contributed by atoms with van der Waals surface area (Å²) in [6.07, 6.45) is 7.22. The first-order chi connectivity index (χ1) is 5.36. The molecule has 0 saturated heterocycles. The lowest BCUT2D eigenvalue weighted by Gasteiger charge is -2.14. The van der Waals surface area contributed by atoms with Crippen LogP contribution in [0.15, 0.2) is 11.8 Å². The maximum absolute atomic E-state index is 11.0. The summed E-state index contributed by atoms with van der Waals surface area (Å²) in [7, 11) is 0. The Morgan fingerprint density at radius 2 is 2.18 bits per heavy atom. The molecule has 2 fully saturated rings. The molecule has 2 nitrogen and oxygen atoms in total. The van der Waals surface area contributed by atoms with Gasteiger partial charge >= 0.3 is 5.97 Å². The maximum atomic E-state index is 11.0. The molecule has 0 N–H and O–H groups in total. The predicted molar refractivity (Wildman–Crippen MR) is 40.8 cm³/mol. The maximum Gasteiger partial charge on any atom is 0.313 e. The Balaban J connectivity index is 1.75. The minimum atomic E-state index is -0.0237. The molecule has 0 aromatic heterocycles. The molecule has 0 atom stereocenters. The van der Waals surface area contributed by atoms with Crippen molar-refractivity contribution in [2.75, 3.05) is 0 Å². The van der Waals surface area contributed by atoms with Crippen LogP contribution in [0.3, 0.4) is 0 Å². The van der Waals surface area contributed by atoms with E-state index in [0.29, 0.717) is 0 Å². The van der Waals surface area contributed by atoms with Crippen LogP contribution in [0.25, 0.3) is 0 Å². The molecule has 0 aromatic carbocycles. The number of carbonyl (C=O) groups is 1. The molecule has 0 spiro atoms. The molecule has 2 aliphatic rings. The van der Waals surface area contributed by atoms with E-state index in [4.69, 9.17) is 4.74 Å². The first kappa shape index (κ1) is 6.89. The van der Waals surface area contributed by atoms with E-state index in [9.17, 15) is 4.79 Å². The molecule has 0 heterocycles. The first-order valence-electron chi connectivity index (χ1n) is 4.24. The average molecular weight is 152 g/mol. The standard InChI is InChI=1S/C9H12O2/c10-9(8-4-5-8)11-6-7-2-1-3-7/h6,8H,1-5H2. The number of rotatable bonds is 2. The molecule has 2 saturated carbocycles. The van der Waals surface area contributed by atoms with E-state index in [1.54, 1.807) is 6.26 Å². The largest absolute Gasteiger partial charge is 0.434 e. The lowest BCUT2D eigenvalue weighted by molar-refractivity contribution is -0.139. The quantitative estimate of drug-likeness (QED) is 0.447. The summed E-state index contributed by atoms with van der Waals surface area (Å²) in [4.78, 5) is 11.0. The zero-order chi connectivity index (χ0) is 7.68. The molecule has 2 aliphatic carbocycles. The summed E-state index contributed by atoms with van der Waals surface area (Å²) in [6.45, 7) is 0. The van der Waals surface area contributed by atoms with Gasteiger partial charge in [-0.15, -0.1) is 0 Å². The van der Waals surface area contributed by atoms with Crippen LogP contribution in [0, 0.1) is 5.92 Å². The van der Waals surface area contributed by atoms with Gasteiger partial charge in [-0.05, 0) is 37.7 Å². The van der Waals surface area contributed by atoms with Gasteiger partial charge in [0.15, 0.2) is 0 Å². The van der Waals surface area contributed by atoms with Crippen LogP contribution in [0.1, 0.15) is 32.1 Å². The van der Waals surface area contributed by atoms with Crippen LogP contribution in [-0.4, -0.2) is 5.97 Å². The third-order valence-corrected chi connectivity index (χ3v) is 2.25. The highest BCUT2D eigenvalue weighted by molar-refractivity contribution is 5.75. The number of allylic oxidation sites excluding steroid dienone is 1. The first-order valence-corrected chi connectivity index (χ1v) is 4.24. The van der Waals surface area contributed by atoms with Crippen molar-refractivity contribution < 1.29 is 9.53 Å². The lowest BCUT2D eigenvalue weighted by Crippen LogP contribution is -2.04. The molecule has 0 bridgehead atoms. The summed E-state index contributed by atoms with van der Waals surface area (Å²) in [5.74, 6) is 0.205. The van der Waals surface area contributed by atoms with Crippen molar-refractivity contribution in [1.82, 2.24) is 0 Å². The van der Waals surface area contributed by atoms with Crippen molar-refractivity contribution in [2.45, 2.75) is 32.1 Å². The van der Waals surface area contributed by atoms with Crippen molar-refractivity contribution in [3.8, 4) is 0 Å². The van der Waals surface area contributed by atoms with Gasteiger partial charge in [0.1, 0.15) is 0 Å². The summed E-state index contributed by atoms with van der Waals surface area (Å²) in [5, 5.41) is 0. The SMILES string of the molecule is O=C(OC=C1CCC1)C1CC1. The Kier molecular flexibility index (Phi) is 1.68. The molecule has 2 heteroatoms. The van der Waals surface area contributed by atoms with Gasteiger partial charge in [-0.2, -0.15) is 0 Å². The zero-order valence-corrected chi connectivity index (χ0v) is 6.51. The Morgan fingerprint density at radius 1 is 1.45 bits per heavy atom.